The number of hydrogen-bond donors (Lipinski definition) is 0. The first-order valence-electron chi connectivity index (χ1n) is 9.15. The van der Waals surface area contributed by atoms with Crippen LogP contribution in [-0.4, -0.2) is 52.4 Å². The molecule has 0 radical (unpaired) electrons. The minimum absolute atomic E-state index is 0.0441. The maximum atomic E-state index is 13.1. The van der Waals surface area contributed by atoms with Gasteiger partial charge in [0.05, 0.1) is 5.56 Å². The Morgan fingerprint density at radius 2 is 1.46 bits per heavy atom. The number of hydrogen-bond acceptors (Lipinski definition) is 2. The van der Waals surface area contributed by atoms with Gasteiger partial charge in [-0.1, -0.05) is 17.7 Å². The Kier molecular flexibility index (Phi) is 5.16. The van der Waals surface area contributed by atoms with Gasteiger partial charge in [0.25, 0.3) is 11.8 Å². The molecule has 26 heavy (non-hydrogen) atoms. The van der Waals surface area contributed by atoms with Gasteiger partial charge in [0, 0.05) is 51.2 Å². The van der Waals surface area contributed by atoms with Crippen LogP contribution in [0.1, 0.15) is 43.8 Å². The van der Waals surface area contributed by atoms with E-state index in [0.29, 0.717) is 31.7 Å². The summed E-state index contributed by atoms with van der Waals surface area (Å²) < 4.78 is 1.88. The standard InChI is InChI=1S/C21H27N3O2/c1-15-12-16(2)19(17(3)13-15)21(26)24-8-5-7-23(10-11-24)20(25)18-6-9-22(4)14-18/h6,9,12-14H,5,7-8,10-11H2,1-4H3. The van der Waals surface area contributed by atoms with Gasteiger partial charge in [0.15, 0.2) is 0 Å². The lowest BCUT2D eigenvalue weighted by Gasteiger charge is -2.23. The van der Waals surface area contributed by atoms with E-state index in [4.69, 9.17) is 0 Å². The molecule has 1 aromatic heterocycles. The van der Waals surface area contributed by atoms with E-state index < -0.39 is 0 Å². The van der Waals surface area contributed by atoms with Crippen molar-refractivity contribution in [2.45, 2.75) is 27.2 Å². The van der Waals surface area contributed by atoms with Crippen LogP contribution in [0.4, 0.5) is 0 Å². The summed E-state index contributed by atoms with van der Waals surface area (Å²) in [6, 6.07) is 5.96. The maximum Gasteiger partial charge on any atom is 0.255 e. The zero-order chi connectivity index (χ0) is 18.8. The van der Waals surface area contributed by atoms with Crippen molar-refractivity contribution in [3.63, 3.8) is 0 Å². The third-order valence-electron chi connectivity index (χ3n) is 5.04. The summed E-state index contributed by atoms with van der Waals surface area (Å²) >= 11 is 0. The smallest absolute Gasteiger partial charge is 0.255 e. The van der Waals surface area contributed by atoms with Gasteiger partial charge in [0.1, 0.15) is 0 Å². The number of aromatic nitrogens is 1. The minimum atomic E-state index is 0.0441. The molecule has 5 nitrogen and oxygen atoms in total. The fraction of sp³-hybridized carbons (Fsp3) is 0.429. The number of carbonyl (C=O) groups is 2. The van der Waals surface area contributed by atoms with Gasteiger partial charge in [-0.05, 0) is 44.4 Å². The molecule has 138 valence electrons. The lowest BCUT2D eigenvalue weighted by Crippen LogP contribution is -2.37. The predicted octanol–water partition coefficient (Wildman–Crippen LogP) is 2.94. The maximum absolute atomic E-state index is 13.1. The number of aryl methyl sites for hydroxylation is 4. The highest BCUT2D eigenvalue weighted by Gasteiger charge is 2.25. The molecule has 5 heteroatoms. The molecule has 0 unspecified atom stereocenters. The summed E-state index contributed by atoms with van der Waals surface area (Å²) in [5.41, 5.74) is 4.73. The van der Waals surface area contributed by atoms with E-state index in [1.807, 2.05) is 60.6 Å². The second kappa shape index (κ2) is 7.36. The van der Waals surface area contributed by atoms with Crippen LogP contribution in [0.25, 0.3) is 0 Å². The molecule has 0 atom stereocenters. The van der Waals surface area contributed by atoms with Crippen molar-refractivity contribution >= 4 is 11.8 Å². The van der Waals surface area contributed by atoms with Crippen LogP contribution in [0.5, 0.6) is 0 Å². The largest absolute Gasteiger partial charge is 0.356 e. The normalized spacial score (nSPS) is 15.1. The van der Waals surface area contributed by atoms with Crippen LogP contribution in [0.3, 0.4) is 0 Å². The summed E-state index contributed by atoms with van der Waals surface area (Å²) in [7, 11) is 1.91. The molecule has 2 amide bonds. The highest BCUT2D eigenvalue weighted by molar-refractivity contribution is 5.97. The molecular formula is C21H27N3O2. The van der Waals surface area contributed by atoms with Crippen molar-refractivity contribution in [2.24, 2.45) is 7.05 Å². The first-order chi connectivity index (χ1) is 12.4. The van der Waals surface area contributed by atoms with Crippen LogP contribution in [0.2, 0.25) is 0 Å². The Bertz CT molecular complexity index is 815. The van der Waals surface area contributed by atoms with Gasteiger partial charge in [-0.2, -0.15) is 0 Å². The molecule has 2 heterocycles. The van der Waals surface area contributed by atoms with Crippen LogP contribution in [0, 0.1) is 20.8 Å². The van der Waals surface area contributed by atoms with Crippen molar-refractivity contribution < 1.29 is 9.59 Å². The molecule has 1 aliphatic rings. The van der Waals surface area contributed by atoms with E-state index in [9.17, 15) is 9.59 Å². The van der Waals surface area contributed by atoms with Crippen LogP contribution >= 0.6 is 0 Å². The Morgan fingerprint density at radius 3 is 2.00 bits per heavy atom. The zero-order valence-corrected chi connectivity index (χ0v) is 16.1. The first kappa shape index (κ1) is 18.2. The summed E-state index contributed by atoms with van der Waals surface area (Å²) in [5.74, 6) is 0.122. The summed E-state index contributed by atoms with van der Waals surface area (Å²) in [6.45, 7) is 8.56. The Labute approximate surface area is 155 Å². The third kappa shape index (κ3) is 3.66. The minimum Gasteiger partial charge on any atom is -0.356 e. The average molecular weight is 353 g/mol. The number of benzene rings is 1. The predicted molar refractivity (Wildman–Crippen MR) is 102 cm³/mol. The summed E-state index contributed by atoms with van der Waals surface area (Å²) in [5, 5.41) is 0. The average Bonchev–Trinajstić information content (AvgIpc) is 2.86. The SMILES string of the molecule is Cc1cc(C)c(C(=O)N2CCCN(C(=O)c3ccn(C)c3)CC2)c(C)c1. The van der Waals surface area contributed by atoms with Crippen LogP contribution in [-0.2, 0) is 7.05 Å². The molecule has 3 rings (SSSR count). The Balaban J connectivity index is 1.72. The summed E-state index contributed by atoms with van der Waals surface area (Å²) in [6.07, 6.45) is 4.52. The van der Waals surface area contributed by atoms with E-state index in [1.165, 1.54) is 5.56 Å². The second-order valence-corrected chi connectivity index (χ2v) is 7.28. The molecule has 0 bridgehead atoms. The fourth-order valence-electron chi connectivity index (χ4n) is 3.81. The lowest BCUT2D eigenvalue weighted by molar-refractivity contribution is 0.0718. The van der Waals surface area contributed by atoms with E-state index in [0.717, 1.165) is 23.1 Å². The number of carbonyl (C=O) groups excluding carboxylic acids is 2. The van der Waals surface area contributed by atoms with E-state index >= 15 is 0 Å². The lowest BCUT2D eigenvalue weighted by atomic mass is 9.98. The first-order valence-corrected chi connectivity index (χ1v) is 9.15. The van der Waals surface area contributed by atoms with E-state index in [1.54, 1.807) is 0 Å². The zero-order valence-electron chi connectivity index (χ0n) is 16.1. The van der Waals surface area contributed by atoms with E-state index in [2.05, 4.69) is 12.1 Å². The Morgan fingerprint density at radius 1 is 0.885 bits per heavy atom. The monoisotopic (exact) mass is 353 g/mol. The quantitative estimate of drug-likeness (QED) is 0.833. The van der Waals surface area contributed by atoms with Gasteiger partial charge in [-0.15, -0.1) is 0 Å². The molecule has 0 N–H and O–H groups in total. The fourth-order valence-corrected chi connectivity index (χ4v) is 3.81. The summed E-state index contributed by atoms with van der Waals surface area (Å²) in [4.78, 5) is 29.5. The van der Waals surface area contributed by atoms with Crippen LogP contribution < -0.4 is 0 Å². The molecule has 1 saturated heterocycles. The van der Waals surface area contributed by atoms with Gasteiger partial charge < -0.3 is 14.4 Å². The topological polar surface area (TPSA) is 45.6 Å². The van der Waals surface area contributed by atoms with Crippen molar-refractivity contribution in [3.8, 4) is 0 Å². The molecule has 1 aliphatic heterocycles. The number of amides is 2. The highest BCUT2D eigenvalue weighted by Crippen LogP contribution is 2.20. The van der Waals surface area contributed by atoms with Gasteiger partial charge in [-0.25, -0.2) is 0 Å². The van der Waals surface area contributed by atoms with Crippen molar-refractivity contribution in [1.29, 1.82) is 0 Å². The molecule has 0 saturated carbocycles. The molecule has 1 aromatic carbocycles. The molecule has 2 aromatic rings. The van der Waals surface area contributed by atoms with E-state index in [-0.39, 0.29) is 11.8 Å². The highest BCUT2D eigenvalue weighted by atomic mass is 16.2. The molecule has 0 aliphatic carbocycles. The van der Waals surface area contributed by atoms with Gasteiger partial charge in [-0.3, -0.25) is 9.59 Å². The Hall–Kier alpha value is -2.56. The molecular weight excluding hydrogens is 326 g/mol. The number of nitrogens with zero attached hydrogens (tertiary/aromatic N) is 3. The van der Waals surface area contributed by atoms with Crippen molar-refractivity contribution in [2.75, 3.05) is 26.2 Å². The second-order valence-electron chi connectivity index (χ2n) is 7.28. The third-order valence-corrected chi connectivity index (χ3v) is 5.04. The molecule has 0 spiro atoms. The van der Waals surface area contributed by atoms with Crippen molar-refractivity contribution in [1.82, 2.24) is 14.4 Å². The van der Waals surface area contributed by atoms with Gasteiger partial charge >= 0.3 is 0 Å². The van der Waals surface area contributed by atoms with Crippen LogP contribution in [0.15, 0.2) is 30.6 Å². The number of rotatable bonds is 2. The van der Waals surface area contributed by atoms with Gasteiger partial charge in [0.2, 0.25) is 0 Å². The van der Waals surface area contributed by atoms with Crippen molar-refractivity contribution in [3.05, 3.63) is 58.4 Å². The molecule has 1 fully saturated rings.